The Balaban J connectivity index is 1.67. The van der Waals surface area contributed by atoms with Crippen LogP contribution in [-0.2, 0) is 6.54 Å². The predicted octanol–water partition coefficient (Wildman–Crippen LogP) is 3.75. The Morgan fingerprint density at radius 3 is 2.43 bits per heavy atom. The number of para-hydroxylation sites is 1. The third-order valence-corrected chi connectivity index (χ3v) is 4.23. The van der Waals surface area contributed by atoms with Gasteiger partial charge >= 0.3 is 0 Å². The van der Waals surface area contributed by atoms with Gasteiger partial charge in [0, 0.05) is 12.7 Å². The number of benzene rings is 2. The minimum absolute atomic E-state index is 0.181. The Bertz CT molecular complexity index is 1150. The van der Waals surface area contributed by atoms with E-state index < -0.39 is 0 Å². The quantitative estimate of drug-likeness (QED) is 0.401. The maximum atomic E-state index is 13.0. The topological polar surface area (TPSA) is 70.8 Å². The molecule has 0 unspecified atom stereocenters. The van der Waals surface area contributed by atoms with Crippen molar-refractivity contribution < 1.29 is 0 Å². The molecular weight excluding hydrogens is 350 g/mol. The number of anilines is 2. The van der Waals surface area contributed by atoms with Gasteiger partial charge in [-0.3, -0.25) is 14.6 Å². The molecular formula is C22H19N5O. The lowest BCUT2D eigenvalue weighted by molar-refractivity contribution is 1.02. The van der Waals surface area contributed by atoms with Crippen molar-refractivity contribution in [2.45, 2.75) is 6.54 Å². The number of aromatic nitrogens is 2. The van der Waals surface area contributed by atoms with Crippen LogP contribution in [0.1, 0.15) is 11.1 Å². The van der Waals surface area contributed by atoms with Gasteiger partial charge in [-0.1, -0.05) is 54.6 Å². The lowest BCUT2D eigenvalue weighted by atomic mass is 10.2. The van der Waals surface area contributed by atoms with Crippen LogP contribution in [0.2, 0.25) is 0 Å². The second-order valence-electron chi connectivity index (χ2n) is 6.18. The molecule has 0 aliphatic carbocycles. The average Bonchev–Trinajstić information content (AvgIpc) is 2.75. The zero-order valence-electron chi connectivity index (χ0n) is 15.1. The molecule has 0 aliphatic rings. The summed E-state index contributed by atoms with van der Waals surface area (Å²) in [7, 11) is 0. The zero-order chi connectivity index (χ0) is 19.2. The molecule has 0 aliphatic heterocycles. The lowest BCUT2D eigenvalue weighted by Crippen LogP contribution is -2.22. The lowest BCUT2D eigenvalue weighted by Gasteiger charge is -2.10. The summed E-state index contributed by atoms with van der Waals surface area (Å²) < 4.78 is 1.51. The van der Waals surface area contributed by atoms with Crippen LogP contribution < -0.4 is 16.3 Å². The van der Waals surface area contributed by atoms with E-state index in [-0.39, 0.29) is 5.56 Å². The van der Waals surface area contributed by atoms with E-state index in [4.69, 9.17) is 0 Å². The third-order valence-electron chi connectivity index (χ3n) is 4.23. The maximum Gasteiger partial charge on any atom is 0.268 e. The summed E-state index contributed by atoms with van der Waals surface area (Å²) in [5, 5.41) is 7.49. The standard InChI is InChI=1S/C22H19N5O/c28-22-19(16-24-26-18-11-5-2-6-12-18)21(23-15-17-9-3-1-4-10-17)25-20-13-7-8-14-27(20)22/h1-14,16,23,26H,15H2/b24-16+. The highest BCUT2D eigenvalue weighted by Gasteiger charge is 2.11. The molecule has 0 spiro atoms. The molecule has 2 heterocycles. The van der Waals surface area contributed by atoms with Gasteiger partial charge in [-0.15, -0.1) is 0 Å². The molecule has 6 nitrogen and oxygen atoms in total. The number of hydrazone groups is 1. The van der Waals surface area contributed by atoms with E-state index in [0.29, 0.717) is 23.6 Å². The van der Waals surface area contributed by atoms with Crippen molar-refractivity contribution in [3.05, 3.63) is 107 Å². The van der Waals surface area contributed by atoms with Crippen molar-refractivity contribution in [1.29, 1.82) is 0 Å². The van der Waals surface area contributed by atoms with Crippen LogP contribution in [-0.4, -0.2) is 15.6 Å². The molecule has 4 aromatic rings. The Hall–Kier alpha value is -3.93. The van der Waals surface area contributed by atoms with Crippen LogP contribution in [0.3, 0.4) is 0 Å². The minimum atomic E-state index is -0.181. The van der Waals surface area contributed by atoms with Crippen LogP contribution in [0, 0.1) is 0 Å². The predicted molar refractivity (Wildman–Crippen MR) is 113 cm³/mol. The molecule has 0 bridgehead atoms. The second kappa shape index (κ2) is 8.18. The number of hydrogen-bond donors (Lipinski definition) is 2. The molecule has 0 fully saturated rings. The smallest absolute Gasteiger partial charge is 0.268 e. The van der Waals surface area contributed by atoms with Gasteiger partial charge in [0.1, 0.15) is 17.0 Å². The van der Waals surface area contributed by atoms with Crippen molar-refractivity contribution >= 4 is 23.4 Å². The molecule has 2 N–H and O–H groups in total. The first-order chi connectivity index (χ1) is 13.8. The number of nitrogens with one attached hydrogen (secondary N) is 2. The Kier molecular flexibility index (Phi) is 5.11. The summed E-state index contributed by atoms with van der Waals surface area (Å²) >= 11 is 0. The van der Waals surface area contributed by atoms with E-state index >= 15 is 0 Å². The first-order valence-corrected chi connectivity index (χ1v) is 8.94. The summed E-state index contributed by atoms with van der Waals surface area (Å²) in [6.07, 6.45) is 3.21. The molecule has 0 amide bonds. The van der Waals surface area contributed by atoms with Gasteiger partial charge in [0.15, 0.2) is 0 Å². The third kappa shape index (κ3) is 3.91. The SMILES string of the molecule is O=c1c(/C=N/Nc2ccccc2)c(NCc2ccccc2)nc2ccccn12. The molecule has 0 saturated carbocycles. The molecule has 28 heavy (non-hydrogen) atoms. The molecule has 0 radical (unpaired) electrons. The van der Waals surface area contributed by atoms with Crippen molar-refractivity contribution in [3.8, 4) is 0 Å². The Morgan fingerprint density at radius 1 is 0.929 bits per heavy atom. The van der Waals surface area contributed by atoms with E-state index in [2.05, 4.69) is 20.8 Å². The summed E-state index contributed by atoms with van der Waals surface area (Å²) in [5.41, 5.74) is 5.67. The van der Waals surface area contributed by atoms with Gasteiger partial charge in [-0.2, -0.15) is 5.10 Å². The molecule has 6 heteroatoms. The Labute approximate surface area is 162 Å². The maximum absolute atomic E-state index is 13.0. The summed E-state index contributed by atoms with van der Waals surface area (Å²) in [4.78, 5) is 17.6. The fourth-order valence-corrected chi connectivity index (χ4v) is 2.82. The van der Waals surface area contributed by atoms with Crippen molar-refractivity contribution in [2.75, 3.05) is 10.7 Å². The van der Waals surface area contributed by atoms with Crippen LogP contribution in [0.4, 0.5) is 11.5 Å². The van der Waals surface area contributed by atoms with Gasteiger partial charge < -0.3 is 5.32 Å². The fourth-order valence-electron chi connectivity index (χ4n) is 2.82. The monoisotopic (exact) mass is 369 g/mol. The van der Waals surface area contributed by atoms with Crippen molar-refractivity contribution in [3.63, 3.8) is 0 Å². The highest BCUT2D eigenvalue weighted by Crippen LogP contribution is 2.12. The second-order valence-corrected chi connectivity index (χ2v) is 6.18. The van der Waals surface area contributed by atoms with Gasteiger partial charge in [-0.25, -0.2) is 4.98 Å². The summed E-state index contributed by atoms with van der Waals surface area (Å²) in [6.45, 7) is 0.559. The molecule has 4 rings (SSSR count). The van der Waals surface area contributed by atoms with Gasteiger partial charge in [-0.05, 0) is 29.8 Å². The van der Waals surface area contributed by atoms with Crippen molar-refractivity contribution in [1.82, 2.24) is 9.38 Å². The van der Waals surface area contributed by atoms with Crippen LogP contribution in [0.25, 0.3) is 5.65 Å². The molecule has 2 aromatic heterocycles. The average molecular weight is 369 g/mol. The zero-order valence-corrected chi connectivity index (χ0v) is 15.1. The molecule has 138 valence electrons. The number of rotatable bonds is 6. The van der Waals surface area contributed by atoms with Crippen LogP contribution >= 0.6 is 0 Å². The largest absolute Gasteiger partial charge is 0.365 e. The van der Waals surface area contributed by atoms with Gasteiger partial charge in [0.2, 0.25) is 0 Å². The van der Waals surface area contributed by atoms with Crippen LogP contribution in [0.5, 0.6) is 0 Å². The van der Waals surface area contributed by atoms with E-state index in [1.807, 2.05) is 66.7 Å². The summed E-state index contributed by atoms with van der Waals surface area (Å²) in [5.74, 6) is 0.499. The summed E-state index contributed by atoms with van der Waals surface area (Å²) in [6, 6.07) is 25.0. The normalized spacial score (nSPS) is 11.0. The number of fused-ring (bicyclic) bond motifs is 1. The van der Waals surface area contributed by atoms with E-state index in [9.17, 15) is 4.79 Å². The fraction of sp³-hybridized carbons (Fsp3) is 0.0455. The number of nitrogens with zero attached hydrogens (tertiary/aromatic N) is 3. The van der Waals surface area contributed by atoms with Crippen molar-refractivity contribution in [2.24, 2.45) is 5.10 Å². The highest BCUT2D eigenvalue weighted by atomic mass is 16.1. The Morgan fingerprint density at radius 2 is 1.64 bits per heavy atom. The molecule has 0 atom stereocenters. The van der Waals surface area contributed by atoms with Crippen LogP contribution in [0.15, 0.2) is 95.0 Å². The first-order valence-electron chi connectivity index (χ1n) is 8.94. The number of hydrogen-bond acceptors (Lipinski definition) is 5. The molecule has 0 saturated heterocycles. The van der Waals surface area contributed by atoms with Gasteiger partial charge in [0.25, 0.3) is 5.56 Å². The first kappa shape index (κ1) is 17.5. The van der Waals surface area contributed by atoms with Gasteiger partial charge in [0.05, 0.1) is 11.9 Å². The van der Waals surface area contributed by atoms with E-state index in [1.54, 1.807) is 18.3 Å². The highest BCUT2D eigenvalue weighted by molar-refractivity contribution is 5.86. The number of pyridine rings is 1. The van der Waals surface area contributed by atoms with E-state index in [0.717, 1.165) is 11.3 Å². The molecule has 2 aromatic carbocycles. The van der Waals surface area contributed by atoms with E-state index in [1.165, 1.54) is 10.6 Å². The minimum Gasteiger partial charge on any atom is -0.365 e.